The quantitative estimate of drug-likeness (QED) is 0.798. The predicted octanol–water partition coefficient (Wildman–Crippen LogP) is 1.87. The number of nitrogens with one attached hydrogen (secondary N) is 1. The van der Waals surface area contributed by atoms with Gasteiger partial charge < -0.3 is 23.8 Å². The Kier molecular flexibility index (Phi) is 4.67. The van der Waals surface area contributed by atoms with Crippen LogP contribution in [0.4, 0.5) is 0 Å². The van der Waals surface area contributed by atoms with Gasteiger partial charge >= 0.3 is 0 Å². The van der Waals surface area contributed by atoms with Gasteiger partial charge in [0.2, 0.25) is 0 Å². The Bertz CT molecular complexity index is 953. The first kappa shape index (κ1) is 18.6. The number of quaternary nitrogens is 1. The number of methoxy groups -OCH3 is 4. The van der Waals surface area contributed by atoms with E-state index in [1.807, 2.05) is 6.07 Å². The van der Waals surface area contributed by atoms with Gasteiger partial charge in [-0.1, -0.05) is 0 Å². The Balaban J connectivity index is 2.13. The molecule has 0 spiro atoms. The lowest BCUT2D eigenvalue weighted by molar-refractivity contribution is -0.914. The van der Waals surface area contributed by atoms with Gasteiger partial charge in [0.25, 0.3) is 0 Å². The minimum absolute atomic E-state index is 0.253. The van der Waals surface area contributed by atoms with Gasteiger partial charge in [0.15, 0.2) is 29.3 Å². The summed E-state index contributed by atoms with van der Waals surface area (Å²) >= 11 is 0. The molecule has 0 radical (unpaired) electrons. The monoisotopic (exact) mass is 384 g/mol. The number of hydrogen-bond donors (Lipinski definition) is 1. The van der Waals surface area contributed by atoms with Gasteiger partial charge in [-0.2, -0.15) is 0 Å². The highest BCUT2D eigenvalue weighted by molar-refractivity contribution is 5.93. The van der Waals surface area contributed by atoms with E-state index in [1.54, 1.807) is 28.4 Å². The number of fused-ring (bicyclic) bond motifs is 2. The van der Waals surface area contributed by atoms with Crippen molar-refractivity contribution in [2.24, 2.45) is 0 Å². The van der Waals surface area contributed by atoms with Crippen molar-refractivity contribution in [3.8, 4) is 34.1 Å². The van der Waals surface area contributed by atoms with Gasteiger partial charge in [-0.25, -0.2) is 0 Å². The van der Waals surface area contributed by atoms with E-state index < -0.39 is 0 Å². The normalized spacial score (nSPS) is 19.3. The minimum Gasteiger partial charge on any atom is -0.493 e. The van der Waals surface area contributed by atoms with Crippen LogP contribution in [0.5, 0.6) is 23.0 Å². The highest BCUT2D eigenvalue weighted by atomic mass is 16.5. The second-order valence-electron chi connectivity index (χ2n) is 7.33. The van der Waals surface area contributed by atoms with Gasteiger partial charge in [0, 0.05) is 24.0 Å². The smallest absolute Gasteiger partial charge is 0.172 e. The maximum Gasteiger partial charge on any atom is 0.172 e. The zero-order valence-electron chi connectivity index (χ0n) is 17.0. The molecule has 2 aliphatic rings. The summed E-state index contributed by atoms with van der Waals surface area (Å²) in [4.78, 5) is 13.4. The fourth-order valence-electron chi connectivity index (χ4n) is 4.80. The molecule has 1 N–H and O–H groups in total. The van der Waals surface area contributed by atoms with Crippen LogP contribution in [0.1, 0.15) is 33.1 Å². The first-order valence-corrected chi connectivity index (χ1v) is 9.42. The number of likely N-dealkylation sites (N-methyl/N-ethyl adjacent to an activating group) is 1. The van der Waals surface area contributed by atoms with E-state index in [2.05, 4.69) is 13.1 Å². The number of carbonyl (C=O) groups excluding carboxylic acids is 1. The fourth-order valence-corrected chi connectivity index (χ4v) is 4.80. The van der Waals surface area contributed by atoms with Crippen LogP contribution in [0.3, 0.4) is 0 Å². The topological polar surface area (TPSA) is 58.4 Å². The van der Waals surface area contributed by atoms with E-state index >= 15 is 0 Å². The second-order valence-corrected chi connectivity index (χ2v) is 7.33. The molecule has 0 saturated heterocycles. The summed E-state index contributed by atoms with van der Waals surface area (Å²) in [5.74, 6) is 2.50. The Morgan fingerprint density at radius 1 is 1.00 bits per heavy atom. The summed E-state index contributed by atoms with van der Waals surface area (Å²) in [7, 11) is 8.70. The summed E-state index contributed by atoms with van der Waals surface area (Å²) < 4.78 is 22.5. The van der Waals surface area contributed by atoms with Gasteiger partial charge in [-0.15, -0.1) is 0 Å². The molecule has 0 fully saturated rings. The van der Waals surface area contributed by atoms with Crippen molar-refractivity contribution in [2.45, 2.75) is 18.9 Å². The van der Waals surface area contributed by atoms with Gasteiger partial charge in [0.1, 0.15) is 6.04 Å². The molecular weight excluding hydrogens is 358 g/mol. The summed E-state index contributed by atoms with van der Waals surface area (Å²) in [5.41, 5.74) is 6.13. The van der Waals surface area contributed by atoms with E-state index in [4.69, 9.17) is 18.9 Å². The average molecular weight is 384 g/mol. The van der Waals surface area contributed by atoms with E-state index in [9.17, 15) is 4.79 Å². The number of ether oxygens (including phenoxy) is 4. The summed E-state index contributed by atoms with van der Waals surface area (Å²) in [5, 5.41) is 0. The lowest BCUT2D eigenvalue weighted by atomic mass is 9.75. The average Bonchev–Trinajstić information content (AvgIpc) is 2.73. The van der Waals surface area contributed by atoms with E-state index in [0.717, 1.165) is 42.4 Å². The largest absolute Gasteiger partial charge is 0.493 e. The van der Waals surface area contributed by atoms with Crippen LogP contribution in [-0.2, 0) is 12.8 Å². The van der Waals surface area contributed by atoms with Crippen molar-refractivity contribution < 1.29 is 28.6 Å². The van der Waals surface area contributed by atoms with Crippen LogP contribution in [0.2, 0.25) is 0 Å². The van der Waals surface area contributed by atoms with Crippen LogP contribution >= 0.6 is 0 Å². The molecule has 2 aromatic carbocycles. The second kappa shape index (κ2) is 7.02. The SMILES string of the molecule is COc1cc2c(cc1OC)-c1c(OC)c(OC)c(C=O)c3c1[C@H](C2)[NH+](C)CC3. The van der Waals surface area contributed by atoms with E-state index in [1.165, 1.54) is 16.0 Å². The molecule has 1 heterocycles. The Hall–Kier alpha value is -2.73. The van der Waals surface area contributed by atoms with Gasteiger partial charge in [-0.05, 0) is 28.8 Å². The van der Waals surface area contributed by atoms with Gasteiger partial charge in [0.05, 0.1) is 47.6 Å². The molecule has 2 atom stereocenters. The van der Waals surface area contributed by atoms with Crippen LogP contribution < -0.4 is 23.8 Å². The zero-order chi connectivity index (χ0) is 20.0. The lowest BCUT2D eigenvalue weighted by Gasteiger charge is -2.39. The molecule has 2 aromatic rings. The molecule has 0 saturated carbocycles. The minimum atomic E-state index is 0.253. The third kappa shape index (κ3) is 2.48. The van der Waals surface area contributed by atoms with Crippen molar-refractivity contribution in [3.05, 3.63) is 34.4 Å². The molecule has 28 heavy (non-hydrogen) atoms. The molecule has 1 aliphatic carbocycles. The van der Waals surface area contributed by atoms with E-state index in [-0.39, 0.29) is 6.04 Å². The van der Waals surface area contributed by atoms with Crippen LogP contribution in [0, 0.1) is 0 Å². The van der Waals surface area contributed by atoms with Crippen molar-refractivity contribution >= 4 is 6.29 Å². The number of hydrogen-bond acceptors (Lipinski definition) is 5. The van der Waals surface area contributed by atoms with E-state index in [0.29, 0.717) is 28.6 Å². The van der Waals surface area contributed by atoms with Crippen molar-refractivity contribution in [2.75, 3.05) is 42.0 Å². The Labute approximate surface area is 165 Å². The Morgan fingerprint density at radius 3 is 2.29 bits per heavy atom. The molecule has 4 rings (SSSR count). The molecule has 0 bridgehead atoms. The number of carbonyl (C=O) groups is 1. The first-order valence-electron chi connectivity index (χ1n) is 9.42. The Morgan fingerprint density at radius 2 is 1.68 bits per heavy atom. The molecule has 6 nitrogen and oxygen atoms in total. The van der Waals surface area contributed by atoms with Crippen molar-refractivity contribution in [3.63, 3.8) is 0 Å². The standard InChI is InChI=1S/C22H25NO5/c1-23-7-6-13-15(11-24)21(27-4)22(28-5)20-14-10-18(26-3)17(25-2)9-12(14)8-16(23)19(13)20/h9-11,16H,6-8H2,1-5H3/p+1/t16-/m0/s1. The molecule has 0 amide bonds. The van der Waals surface area contributed by atoms with Crippen LogP contribution in [0.25, 0.3) is 11.1 Å². The zero-order valence-corrected chi connectivity index (χ0v) is 17.0. The van der Waals surface area contributed by atoms with Gasteiger partial charge in [-0.3, -0.25) is 4.79 Å². The highest BCUT2D eigenvalue weighted by Gasteiger charge is 2.41. The third-order valence-corrected chi connectivity index (χ3v) is 6.14. The first-order chi connectivity index (χ1) is 13.6. The third-order valence-electron chi connectivity index (χ3n) is 6.14. The molecule has 1 aliphatic heterocycles. The van der Waals surface area contributed by atoms with Crippen molar-refractivity contribution in [1.29, 1.82) is 0 Å². The maximum absolute atomic E-state index is 12.0. The maximum atomic E-state index is 12.0. The summed E-state index contributed by atoms with van der Waals surface area (Å²) in [6.45, 7) is 0.968. The number of rotatable bonds is 5. The molecule has 0 aromatic heterocycles. The highest BCUT2D eigenvalue weighted by Crippen LogP contribution is 2.53. The van der Waals surface area contributed by atoms with Crippen molar-refractivity contribution in [1.82, 2.24) is 0 Å². The fraction of sp³-hybridized carbons (Fsp3) is 0.409. The van der Waals surface area contributed by atoms with Crippen LogP contribution in [0.15, 0.2) is 12.1 Å². The molecular formula is C22H26NO5+. The molecule has 6 heteroatoms. The molecule has 1 unspecified atom stereocenters. The number of aldehydes is 1. The number of benzene rings is 2. The predicted molar refractivity (Wildman–Crippen MR) is 105 cm³/mol. The molecule has 148 valence electrons. The summed E-state index contributed by atoms with van der Waals surface area (Å²) in [6.07, 6.45) is 2.61. The van der Waals surface area contributed by atoms with Crippen LogP contribution in [-0.4, -0.2) is 48.3 Å². The summed E-state index contributed by atoms with van der Waals surface area (Å²) in [6, 6.07) is 4.31. The lowest BCUT2D eigenvalue weighted by Crippen LogP contribution is -3.10.